The van der Waals surface area contributed by atoms with Crippen LogP contribution >= 0.6 is 0 Å². The van der Waals surface area contributed by atoms with E-state index in [1.54, 1.807) is 21.3 Å². The number of benzene rings is 2. The summed E-state index contributed by atoms with van der Waals surface area (Å²) in [5.74, 6) is 2.40. The lowest BCUT2D eigenvalue weighted by atomic mass is 9.81. The maximum atomic E-state index is 5.50. The van der Waals surface area contributed by atoms with Crippen LogP contribution in [0.15, 0.2) is 36.4 Å². The van der Waals surface area contributed by atoms with Crippen LogP contribution in [-0.2, 0) is 6.42 Å². The van der Waals surface area contributed by atoms with Gasteiger partial charge in [-0.15, -0.1) is 0 Å². The van der Waals surface area contributed by atoms with Crippen LogP contribution in [0, 0.1) is 0 Å². The molecule has 128 valence electrons. The zero-order valence-corrected chi connectivity index (χ0v) is 15.0. The smallest absolute Gasteiger partial charge is 0.161 e. The van der Waals surface area contributed by atoms with Crippen LogP contribution in [0.2, 0.25) is 0 Å². The van der Waals surface area contributed by atoms with Gasteiger partial charge in [0.25, 0.3) is 0 Å². The molecule has 0 fully saturated rings. The van der Waals surface area contributed by atoms with Crippen molar-refractivity contribution in [2.45, 2.75) is 31.8 Å². The highest BCUT2D eigenvalue weighted by Gasteiger charge is 2.33. The van der Waals surface area contributed by atoms with E-state index in [4.69, 9.17) is 14.2 Å². The largest absolute Gasteiger partial charge is 0.497 e. The summed E-state index contributed by atoms with van der Waals surface area (Å²) in [4.78, 5) is 0. The lowest BCUT2D eigenvalue weighted by Crippen LogP contribution is -2.47. The van der Waals surface area contributed by atoms with Crippen LogP contribution in [0.5, 0.6) is 17.2 Å². The lowest BCUT2D eigenvalue weighted by molar-refractivity contribution is 0.324. The molecule has 0 saturated carbocycles. The second kappa shape index (κ2) is 6.36. The normalized spacial score (nSPS) is 18.6. The van der Waals surface area contributed by atoms with Crippen molar-refractivity contribution in [1.82, 2.24) is 5.32 Å². The predicted octanol–water partition coefficient (Wildman–Crippen LogP) is 3.73. The minimum Gasteiger partial charge on any atom is -0.497 e. The van der Waals surface area contributed by atoms with E-state index < -0.39 is 0 Å². The number of hydrogen-bond acceptors (Lipinski definition) is 4. The standard InChI is InChI=1S/C20H25NO3/c1-20(2)12-14-10-17(23-4)18(24-5)11-16(14)19(21-20)13-6-8-15(22-3)9-7-13/h6-11,19,21H,12H2,1-5H3. The summed E-state index contributed by atoms with van der Waals surface area (Å²) in [7, 11) is 5.04. The predicted molar refractivity (Wildman–Crippen MR) is 95.3 cm³/mol. The zero-order chi connectivity index (χ0) is 17.3. The highest BCUT2D eigenvalue weighted by atomic mass is 16.5. The summed E-state index contributed by atoms with van der Waals surface area (Å²) >= 11 is 0. The van der Waals surface area contributed by atoms with Crippen molar-refractivity contribution in [2.75, 3.05) is 21.3 Å². The van der Waals surface area contributed by atoms with Gasteiger partial charge in [0.1, 0.15) is 5.75 Å². The van der Waals surface area contributed by atoms with E-state index >= 15 is 0 Å². The third-order valence-electron chi connectivity index (χ3n) is 4.57. The van der Waals surface area contributed by atoms with Crippen molar-refractivity contribution >= 4 is 0 Å². The third-order valence-corrected chi connectivity index (χ3v) is 4.57. The summed E-state index contributed by atoms with van der Waals surface area (Å²) in [6.45, 7) is 4.45. The molecule has 0 bridgehead atoms. The Labute approximate surface area is 143 Å². The van der Waals surface area contributed by atoms with E-state index in [-0.39, 0.29) is 11.6 Å². The molecule has 1 heterocycles. The molecule has 0 radical (unpaired) electrons. The van der Waals surface area contributed by atoms with E-state index in [0.717, 1.165) is 23.7 Å². The molecule has 4 heteroatoms. The highest BCUT2D eigenvalue weighted by molar-refractivity contribution is 5.52. The second-order valence-corrected chi connectivity index (χ2v) is 6.82. The Kier molecular flexibility index (Phi) is 4.41. The van der Waals surface area contributed by atoms with Gasteiger partial charge < -0.3 is 19.5 Å². The molecule has 2 aromatic carbocycles. The van der Waals surface area contributed by atoms with Gasteiger partial charge >= 0.3 is 0 Å². The van der Waals surface area contributed by atoms with Gasteiger partial charge in [-0.1, -0.05) is 12.1 Å². The Balaban J connectivity index is 2.10. The molecule has 4 nitrogen and oxygen atoms in total. The molecule has 0 aliphatic carbocycles. The quantitative estimate of drug-likeness (QED) is 0.929. The molecule has 24 heavy (non-hydrogen) atoms. The first-order valence-electron chi connectivity index (χ1n) is 8.14. The van der Waals surface area contributed by atoms with Crippen molar-refractivity contribution < 1.29 is 14.2 Å². The maximum absolute atomic E-state index is 5.50. The fourth-order valence-corrected chi connectivity index (χ4v) is 3.41. The van der Waals surface area contributed by atoms with Crippen LogP contribution in [0.1, 0.15) is 36.6 Å². The molecule has 0 aromatic heterocycles. The number of nitrogens with one attached hydrogen (secondary N) is 1. The van der Waals surface area contributed by atoms with E-state index in [0.29, 0.717) is 0 Å². The van der Waals surface area contributed by atoms with Crippen LogP contribution in [-0.4, -0.2) is 26.9 Å². The maximum Gasteiger partial charge on any atom is 0.161 e. The van der Waals surface area contributed by atoms with Crippen molar-refractivity contribution in [1.29, 1.82) is 0 Å². The Hall–Kier alpha value is -2.20. The fourth-order valence-electron chi connectivity index (χ4n) is 3.41. The van der Waals surface area contributed by atoms with Crippen LogP contribution in [0.3, 0.4) is 0 Å². The molecule has 1 aliphatic rings. The average Bonchev–Trinajstić information content (AvgIpc) is 2.59. The van der Waals surface area contributed by atoms with Gasteiger partial charge in [0.2, 0.25) is 0 Å². The molecule has 3 rings (SSSR count). The van der Waals surface area contributed by atoms with Gasteiger partial charge in [0.05, 0.1) is 27.4 Å². The summed E-state index contributed by atoms with van der Waals surface area (Å²) in [6.07, 6.45) is 0.940. The molecule has 2 aromatic rings. The van der Waals surface area contributed by atoms with Gasteiger partial charge in [-0.05, 0) is 61.2 Å². The van der Waals surface area contributed by atoms with Gasteiger partial charge in [-0.3, -0.25) is 0 Å². The molecular weight excluding hydrogens is 302 g/mol. The lowest BCUT2D eigenvalue weighted by Gasteiger charge is -2.39. The molecule has 1 atom stereocenters. The van der Waals surface area contributed by atoms with Crippen LogP contribution in [0.4, 0.5) is 0 Å². The first-order valence-corrected chi connectivity index (χ1v) is 8.14. The third kappa shape index (κ3) is 3.06. The molecule has 0 amide bonds. The molecule has 0 saturated heterocycles. The summed E-state index contributed by atoms with van der Waals surface area (Å²) in [5, 5.41) is 3.75. The van der Waals surface area contributed by atoms with E-state index in [9.17, 15) is 0 Å². The Morgan fingerprint density at radius 2 is 1.54 bits per heavy atom. The van der Waals surface area contributed by atoms with E-state index in [2.05, 4.69) is 43.4 Å². The molecule has 1 unspecified atom stereocenters. The Morgan fingerprint density at radius 1 is 0.917 bits per heavy atom. The molecule has 1 N–H and O–H groups in total. The molecular formula is C20H25NO3. The monoisotopic (exact) mass is 327 g/mol. The number of rotatable bonds is 4. The van der Waals surface area contributed by atoms with E-state index in [1.807, 2.05) is 12.1 Å². The number of fused-ring (bicyclic) bond motifs is 1. The van der Waals surface area contributed by atoms with Gasteiger partial charge in [-0.25, -0.2) is 0 Å². The number of hydrogen-bond donors (Lipinski definition) is 1. The number of ether oxygens (including phenoxy) is 3. The van der Waals surface area contributed by atoms with Gasteiger partial charge in [0.15, 0.2) is 11.5 Å². The number of methoxy groups -OCH3 is 3. The highest BCUT2D eigenvalue weighted by Crippen LogP contribution is 2.40. The minimum absolute atomic E-state index is 0.00278. The SMILES string of the molecule is COc1ccc(C2NC(C)(C)Cc3cc(OC)c(OC)cc32)cc1. The minimum atomic E-state index is -0.00278. The first kappa shape index (κ1) is 16.7. The van der Waals surface area contributed by atoms with Crippen molar-refractivity contribution in [2.24, 2.45) is 0 Å². The van der Waals surface area contributed by atoms with Crippen molar-refractivity contribution in [3.05, 3.63) is 53.1 Å². The van der Waals surface area contributed by atoms with Gasteiger partial charge in [-0.2, -0.15) is 0 Å². The molecule has 0 spiro atoms. The van der Waals surface area contributed by atoms with Crippen LogP contribution in [0.25, 0.3) is 0 Å². The molecule has 1 aliphatic heterocycles. The van der Waals surface area contributed by atoms with E-state index in [1.165, 1.54) is 16.7 Å². The summed E-state index contributed by atoms with van der Waals surface area (Å²) in [6, 6.07) is 12.5. The Morgan fingerprint density at radius 3 is 2.12 bits per heavy atom. The van der Waals surface area contributed by atoms with Gasteiger partial charge in [0, 0.05) is 5.54 Å². The Bertz CT molecular complexity index is 722. The van der Waals surface area contributed by atoms with Crippen molar-refractivity contribution in [3.63, 3.8) is 0 Å². The topological polar surface area (TPSA) is 39.7 Å². The van der Waals surface area contributed by atoms with Crippen LogP contribution < -0.4 is 19.5 Å². The second-order valence-electron chi connectivity index (χ2n) is 6.82. The van der Waals surface area contributed by atoms with Crippen molar-refractivity contribution in [3.8, 4) is 17.2 Å². The first-order chi connectivity index (χ1) is 11.5. The zero-order valence-electron chi connectivity index (χ0n) is 15.0. The fraction of sp³-hybridized carbons (Fsp3) is 0.400. The summed E-state index contributed by atoms with van der Waals surface area (Å²) < 4.78 is 16.3. The summed E-state index contributed by atoms with van der Waals surface area (Å²) in [5.41, 5.74) is 3.73. The average molecular weight is 327 g/mol.